The van der Waals surface area contributed by atoms with Crippen molar-refractivity contribution < 1.29 is 14.6 Å². The predicted octanol–water partition coefficient (Wildman–Crippen LogP) is 1.60. The molecule has 1 unspecified atom stereocenters. The normalized spacial score (nSPS) is 12.0. The highest BCUT2D eigenvalue weighted by Crippen LogP contribution is 2.23. The first-order chi connectivity index (χ1) is 16.8. The Morgan fingerprint density at radius 2 is 1.71 bits per heavy atom. The first-order valence-electron chi connectivity index (χ1n) is 10.8. The number of carbonyl (C=O) groups is 1. The van der Waals surface area contributed by atoms with Crippen LogP contribution in [0.5, 0.6) is 5.75 Å². The number of para-hydroxylation sites is 2. The average Bonchev–Trinajstić information content (AvgIpc) is 3.23. The summed E-state index contributed by atoms with van der Waals surface area (Å²) in [5, 5.41) is 13.8. The van der Waals surface area contributed by atoms with Crippen LogP contribution in [0.15, 0.2) is 75.4 Å². The van der Waals surface area contributed by atoms with Crippen LogP contribution in [0.25, 0.3) is 11.2 Å². The summed E-state index contributed by atoms with van der Waals surface area (Å²) in [6.07, 6.45) is -0.980. The van der Waals surface area contributed by atoms with E-state index in [2.05, 4.69) is 10.3 Å². The standard InChI is InChI=1S/C24H25N5O5S/c1-27-21-20(22(32)28(2)24(27)33)29(13-17(30)14-34-18-11-7-4-8-12-18)23(26-21)35-15-19(31)25-16-9-5-3-6-10-16/h3-12,17,30H,13-15H2,1-2H3,(H,25,31). The molecule has 0 aliphatic heterocycles. The van der Waals surface area contributed by atoms with Gasteiger partial charge in [0.1, 0.15) is 18.5 Å². The first kappa shape index (κ1) is 24.3. The number of aryl methyl sites for hydroxylation is 1. The molecule has 10 nitrogen and oxygen atoms in total. The molecule has 0 saturated carbocycles. The summed E-state index contributed by atoms with van der Waals surface area (Å²) in [5.41, 5.74) is -0.0400. The minimum absolute atomic E-state index is 0.0145. The van der Waals surface area contributed by atoms with Crippen LogP contribution >= 0.6 is 11.8 Å². The van der Waals surface area contributed by atoms with Gasteiger partial charge in [0.15, 0.2) is 16.3 Å². The summed E-state index contributed by atoms with van der Waals surface area (Å²) < 4.78 is 9.44. The molecule has 0 saturated heterocycles. The van der Waals surface area contributed by atoms with E-state index in [1.807, 2.05) is 36.4 Å². The molecule has 0 spiro atoms. The van der Waals surface area contributed by atoms with Gasteiger partial charge in [-0.1, -0.05) is 48.2 Å². The number of aromatic nitrogens is 4. The van der Waals surface area contributed by atoms with E-state index in [0.717, 1.165) is 16.3 Å². The van der Waals surface area contributed by atoms with Gasteiger partial charge in [-0.3, -0.25) is 18.7 Å². The number of nitrogens with zero attached hydrogens (tertiary/aromatic N) is 4. The van der Waals surface area contributed by atoms with Crippen molar-refractivity contribution in [2.24, 2.45) is 14.1 Å². The van der Waals surface area contributed by atoms with Crippen molar-refractivity contribution in [3.63, 3.8) is 0 Å². The van der Waals surface area contributed by atoms with Gasteiger partial charge in [0, 0.05) is 19.8 Å². The second-order valence-electron chi connectivity index (χ2n) is 7.86. The van der Waals surface area contributed by atoms with E-state index in [0.29, 0.717) is 16.6 Å². The lowest BCUT2D eigenvalue weighted by Gasteiger charge is -2.15. The summed E-state index contributed by atoms with van der Waals surface area (Å²) in [7, 11) is 2.91. The molecule has 35 heavy (non-hydrogen) atoms. The van der Waals surface area contributed by atoms with Gasteiger partial charge in [-0.25, -0.2) is 9.78 Å². The highest BCUT2D eigenvalue weighted by atomic mass is 32.2. The fourth-order valence-electron chi connectivity index (χ4n) is 3.53. The number of carbonyl (C=O) groups excluding carboxylic acids is 1. The molecular formula is C24H25N5O5S. The summed E-state index contributed by atoms with van der Waals surface area (Å²) in [6, 6.07) is 18.1. The van der Waals surface area contributed by atoms with Crippen LogP contribution in [0.4, 0.5) is 5.69 Å². The van der Waals surface area contributed by atoms with Crippen molar-refractivity contribution in [3.05, 3.63) is 81.5 Å². The van der Waals surface area contributed by atoms with Gasteiger partial charge in [-0.05, 0) is 24.3 Å². The van der Waals surface area contributed by atoms with E-state index in [4.69, 9.17) is 4.74 Å². The SMILES string of the molecule is Cn1c(=O)c2c(nc(SCC(=O)Nc3ccccc3)n2CC(O)COc2ccccc2)n(C)c1=O. The molecule has 2 N–H and O–H groups in total. The van der Waals surface area contributed by atoms with Crippen LogP contribution < -0.4 is 21.3 Å². The van der Waals surface area contributed by atoms with Gasteiger partial charge in [0.2, 0.25) is 5.91 Å². The Morgan fingerprint density at radius 1 is 1.06 bits per heavy atom. The lowest BCUT2D eigenvalue weighted by molar-refractivity contribution is -0.113. The third kappa shape index (κ3) is 5.47. The van der Waals surface area contributed by atoms with Crippen LogP contribution in [0.1, 0.15) is 0 Å². The number of hydrogen-bond acceptors (Lipinski definition) is 7. The second-order valence-corrected chi connectivity index (χ2v) is 8.81. The minimum atomic E-state index is -0.980. The molecule has 4 rings (SSSR count). The average molecular weight is 496 g/mol. The number of nitrogens with one attached hydrogen (secondary N) is 1. The Morgan fingerprint density at radius 3 is 2.40 bits per heavy atom. The molecule has 1 atom stereocenters. The quantitative estimate of drug-likeness (QED) is 0.339. The largest absolute Gasteiger partial charge is 0.491 e. The Bertz CT molecular complexity index is 1450. The third-order valence-electron chi connectivity index (χ3n) is 5.28. The zero-order valence-electron chi connectivity index (χ0n) is 19.2. The first-order valence-corrected chi connectivity index (χ1v) is 11.8. The number of aliphatic hydroxyl groups is 1. The monoisotopic (exact) mass is 495 g/mol. The van der Waals surface area contributed by atoms with Gasteiger partial charge in [0.05, 0.1) is 12.3 Å². The maximum atomic E-state index is 13.0. The number of ether oxygens (including phenoxy) is 1. The lowest BCUT2D eigenvalue weighted by Crippen LogP contribution is -2.38. The number of fused-ring (bicyclic) bond motifs is 1. The molecule has 0 fully saturated rings. The van der Waals surface area contributed by atoms with E-state index < -0.39 is 17.4 Å². The van der Waals surface area contributed by atoms with Crippen molar-refractivity contribution in [1.82, 2.24) is 18.7 Å². The third-order valence-corrected chi connectivity index (χ3v) is 6.26. The van der Waals surface area contributed by atoms with Gasteiger partial charge < -0.3 is 19.7 Å². The Hall–Kier alpha value is -3.83. The van der Waals surface area contributed by atoms with Crippen molar-refractivity contribution in [2.75, 3.05) is 17.7 Å². The van der Waals surface area contributed by atoms with Gasteiger partial charge >= 0.3 is 5.69 Å². The molecule has 0 bridgehead atoms. The number of aliphatic hydroxyl groups excluding tert-OH is 1. The van der Waals surface area contributed by atoms with E-state index in [9.17, 15) is 19.5 Å². The fraction of sp³-hybridized carbons (Fsp3) is 0.250. The van der Waals surface area contributed by atoms with E-state index in [-0.39, 0.29) is 36.0 Å². The summed E-state index contributed by atoms with van der Waals surface area (Å²) in [4.78, 5) is 42.3. The van der Waals surface area contributed by atoms with Crippen molar-refractivity contribution in [3.8, 4) is 5.75 Å². The van der Waals surface area contributed by atoms with Gasteiger partial charge in [-0.15, -0.1) is 0 Å². The van der Waals surface area contributed by atoms with Crippen LogP contribution in [0.3, 0.4) is 0 Å². The molecule has 182 valence electrons. The smallest absolute Gasteiger partial charge is 0.332 e. The van der Waals surface area contributed by atoms with Crippen molar-refractivity contribution in [1.29, 1.82) is 0 Å². The van der Waals surface area contributed by atoms with Gasteiger partial charge in [0.25, 0.3) is 5.56 Å². The number of amides is 1. The van der Waals surface area contributed by atoms with Crippen LogP contribution in [0, 0.1) is 0 Å². The fourth-order valence-corrected chi connectivity index (χ4v) is 4.33. The van der Waals surface area contributed by atoms with E-state index >= 15 is 0 Å². The molecule has 2 heterocycles. The van der Waals surface area contributed by atoms with Crippen molar-refractivity contribution >= 4 is 34.5 Å². The Balaban J connectivity index is 1.60. The highest BCUT2D eigenvalue weighted by Gasteiger charge is 2.22. The zero-order chi connectivity index (χ0) is 24.9. The number of anilines is 1. The molecule has 11 heteroatoms. The number of thioether (sulfide) groups is 1. The minimum Gasteiger partial charge on any atom is -0.491 e. The molecule has 0 aliphatic carbocycles. The summed E-state index contributed by atoms with van der Waals surface area (Å²) in [5.74, 6) is 0.366. The number of imidazole rings is 1. The number of benzene rings is 2. The summed E-state index contributed by atoms with van der Waals surface area (Å²) in [6.45, 7) is -0.0339. The maximum absolute atomic E-state index is 13.0. The van der Waals surface area contributed by atoms with Crippen LogP contribution in [-0.4, -0.2) is 48.2 Å². The highest BCUT2D eigenvalue weighted by molar-refractivity contribution is 7.99. The topological polar surface area (TPSA) is 120 Å². The van der Waals surface area contributed by atoms with E-state index in [1.165, 1.54) is 23.2 Å². The molecule has 2 aromatic carbocycles. The zero-order valence-corrected chi connectivity index (χ0v) is 20.1. The molecule has 2 aromatic heterocycles. The second kappa shape index (κ2) is 10.6. The molecule has 0 radical (unpaired) electrons. The van der Waals surface area contributed by atoms with Crippen LogP contribution in [-0.2, 0) is 25.4 Å². The van der Waals surface area contributed by atoms with Gasteiger partial charge in [-0.2, -0.15) is 0 Å². The molecular weight excluding hydrogens is 470 g/mol. The number of hydrogen-bond donors (Lipinski definition) is 2. The maximum Gasteiger partial charge on any atom is 0.332 e. The summed E-state index contributed by atoms with van der Waals surface area (Å²) >= 11 is 1.11. The Kier molecular flexibility index (Phi) is 7.37. The molecule has 4 aromatic rings. The van der Waals surface area contributed by atoms with E-state index in [1.54, 1.807) is 24.3 Å². The molecule has 0 aliphatic rings. The van der Waals surface area contributed by atoms with Crippen LogP contribution in [0.2, 0.25) is 0 Å². The number of rotatable bonds is 9. The van der Waals surface area contributed by atoms with Crippen molar-refractivity contribution in [2.45, 2.75) is 17.8 Å². The predicted molar refractivity (Wildman–Crippen MR) is 134 cm³/mol. The Labute approximate surface area is 204 Å². The lowest BCUT2D eigenvalue weighted by atomic mass is 10.3. The molecule has 1 amide bonds.